The molecule has 1 N–H and O–H groups in total. The standard InChI is InChI=1S/C25H21F3N4O3/c1-13(2)15-5-7-16(8-6-15)22(33)20-21(17-9-10-18(29-12-17)25(26,27)28)32(24(35)23(20)34)19-11-4-14(3)30-31-19/h4-13,21,33H,1-3H3/t21-/m0/s1. The zero-order valence-electron chi connectivity index (χ0n) is 19.0. The highest BCUT2D eigenvalue weighted by atomic mass is 19.4. The highest BCUT2D eigenvalue weighted by molar-refractivity contribution is 6.51. The Bertz CT molecular complexity index is 1300. The van der Waals surface area contributed by atoms with Crippen molar-refractivity contribution in [1.29, 1.82) is 0 Å². The number of nitrogens with zero attached hydrogens (tertiary/aromatic N) is 4. The van der Waals surface area contributed by atoms with Gasteiger partial charge in [0.2, 0.25) is 0 Å². The first kappa shape index (κ1) is 24.1. The third-order valence-corrected chi connectivity index (χ3v) is 5.72. The van der Waals surface area contributed by atoms with Crippen LogP contribution in [-0.2, 0) is 15.8 Å². The summed E-state index contributed by atoms with van der Waals surface area (Å²) in [5.41, 5.74) is 0.532. The van der Waals surface area contributed by atoms with E-state index < -0.39 is 35.4 Å². The maximum absolute atomic E-state index is 13.1. The summed E-state index contributed by atoms with van der Waals surface area (Å²) in [6.45, 7) is 5.68. The molecule has 1 fully saturated rings. The van der Waals surface area contributed by atoms with E-state index in [9.17, 15) is 27.9 Å². The second kappa shape index (κ2) is 8.94. The van der Waals surface area contributed by atoms with Crippen LogP contribution in [0.5, 0.6) is 0 Å². The van der Waals surface area contributed by atoms with E-state index in [0.717, 1.165) is 28.8 Å². The number of pyridine rings is 1. The molecule has 180 valence electrons. The van der Waals surface area contributed by atoms with Crippen LogP contribution in [0.1, 0.15) is 53.9 Å². The van der Waals surface area contributed by atoms with Crippen LogP contribution >= 0.6 is 0 Å². The lowest BCUT2D eigenvalue weighted by atomic mass is 9.95. The summed E-state index contributed by atoms with van der Waals surface area (Å²) in [5, 5.41) is 19.0. The normalized spacial score (nSPS) is 17.9. The number of alkyl halides is 3. The quantitative estimate of drug-likeness (QED) is 0.321. The average Bonchev–Trinajstić information content (AvgIpc) is 3.09. The van der Waals surface area contributed by atoms with Crippen molar-refractivity contribution in [2.75, 3.05) is 4.90 Å². The molecule has 1 atom stereocenters. The van der Waals surface area contributed by atoms with Gasteiger partial charge in [0.05, 0.1) is 17.3 Å². The van der Waals surface area contributed by atoms with Gasteiger partial charge in [0.25, 0.3) is 5.78 Å². The summed E-state index contributed by atoms with van der Waals surface area (Å²) in [4.78, 5) is 30.6. The van der Waals surface area contributed by atoms with Gasteiger partial charge < -0.3 is 5.11 Å². The Morgan fingerprint density at radius 1 is 1.00 bits per heavy atom. The molecule has 7 nitrogen and oxygen atoms in total. The smallest absolute Gasteiger partial charge is 0.433 e. The molecule has 3 aromatic rings. The van der Waals surface area contributed by atoms with Crippen LogP contribution in [-0.4, -0.2) is 32.0 Å². The topological polar surface area (TPSA) is 96.3 Å². The van der Waals surface area contributed by atoms with E-state index in [-0.39, 0.29) is 28.4 Å². The summed E-state index contributed by atoms with van der Waals surface area (Å²) in [7, 11) is 0. The van der Waals surface area contributed by atoms with Gasteiger partial charge in [0.1, 0.15) is 11.5 Å². The first-order chi connectivity index (χ1) is 16.5. The van der Waals surface area contributed by atoms with Gasteiger partial charge in [0.15, 0.2) is 5.82 Å². The summed E-state index contributed by atoms with van der Waals surface area (Å²) in [6, 6.07) is 10.5. The van der Waals surface area contributed by atoms with E-state index >= 15 is 0 Å². The predicted molar refractivity (Wildman–Crippen MR) is 121 cm³/mol. The molecule has 1 saturated heterocycles. The Morgan fingerprint density at radius 3 is 2.20 bits per heavy atom. The second-order valence-corrected chi connectivity index (χ2v) is 8.45. The molecule has 0 unspecified atom stereocenters. The number of benzene rings is 1. The zero-order chi connectivity index (χ0) is 25.5. The minimum absolute atomic E-state index is 0.0109. The fraction of sp³-hybridized carbons (Fsp3) is 0.240. The van der Waals surface area contributed by atoms with Crippen LogP contribution in [0.4, 0.5) is 19.0 Å². The van der Waals surface area contributed by atoms with Crippen LogP contribution in [0, 0.1) is 6.92 Å². The van der Waals surface area contributed by atoms with Gasteiger partial charge in [0, 0.05) is 11.8 Å². The maximum Gasteiger partial charge on any atom is 0.433 e. The van der Waals surface area contributed by atoms with E-state index in [1.54, 1.807) is 37.3 Å². The molecular formula is C25H21F3N4O3. The van der Waals surface area contributed by atoms with Crippen molar-refractivity contribution >= 4 is 23.3 Å². The number of carbonyl (C=O) groups excluding carboxylic acids is 2. The molecule has 3 heterocycles. The summed E-state index contributed by atoms with van der Waals surface area (Å²) >= 11 is 0. The molecule has 1 amide bonds. The lowest BCUT2D eigenvalue weighted by Gasteiger charge is -2.24. The predicted octanol–water partition coefficient (Wildman–Crippen LogP) is 4.95. The molecule has 2 aromatic heterocycles. The lowest BCUT2D eigenvalue weighted by molar-refractivity contribution is -0.141. The summed E-state index contributed by atoms with van der Waals surface area (Å²) in [6.07, 6.45) is -3.73. The minimum atomic E-state index is -4.67. The van der Waals surface area contributed by atoms with Crippen molar-refractivity contribution in [2.24, 2.45) is 0 Å². The Labute approximate surface area is 199 Å². The Kier molecular flexibility index (Phi) is 6.14. The lowest BCUT2D eigenvalue weighted by Crippen LogP contribution is -2.30. The first-order valence-corrected chi connectivity index (χ1v) is 10.7. The molecule has 10 heteroatoms. The summed E-state index contributed by atoms with van der Waals surface area (Å²) < 4.78 is 39.2. The number of amides is 1. The van der Waals surface area contributed by atoms with Crippen LogP contribution in [0.2, 0.25) is 0 Å². The monoisotopic (exact) mass is 482 g/mol. The Morgan fingerprint density at radius 2 is 1.69 bits per heavy atom. The van der Waals surface area contributed by atoms with E-state index in [1.807, 2.05) is 13.8 Å². The molecule has 1 aromatic carbocycles. The third kappa shape index (κ3) is 4.51. The van der Waals surface area contributed by atoms with Crippen molar-refractivity contribution < 1.29 is 27.9 Å². The van der Waals surface area contributed by atoms with Crippen molar-refractivity contribution in [3.63, 3.8) is 0 Å². The number of aliphatic hydroxyl groups excluding tert-OH is 1. The fourth-order valence-corrected chi connectivity index (χ4v) is 3.82. The van der Waals surface area contributed by atoms with Gasteiger partial charge in [-0.15, -0.1) is 5.10 Å². The number of halogens is 3. The highest BCUT2D eigenvalue weighted by Gasteiger charge is 2.48. The summed E-state index contributed by atoms with van der Waals surface area (Å²) in [5.74, 6) is -2.20. The molecule has 0 saturated carbocycles. The molecule has 4 rings (SSSR count). The molecule has 1 aliphatic rings. The zero-order valence-corrected chi connectivity index (χ0v) is 19.0. The molecule has 1 aliphatic heterocycles. The third-order valence-electron chi connectivity index (χ3n) is 5.72. The number of ketones is 1. The van der Waals surface area contributed by atoms with E-state index in [4.69, 9.17) is 0 Å². The molecule has 0 spiro atoms. The number of rotatable bonds is 4. The van der Waals surface area contributed by atoms with Crippen molar-refractivity contribution in [3.8, 4) is 0 Å². The molecular weight excluding hydrogens is 461 g/mol. The van der Waals surface area contributed by atoms with Gasteiger partial charge in [-0.25, -0.2) is 0 Å². The number of carbonyl (C=O) groups is 2. The second-order valence-electron chi connectivity index (χ2n) is 8.45. The van der Waals surface area contributed by atoms with E-state index in [2.05, 4.69) is 15.2 Å². The number of aryl methyl sites for hydroxylation is 1. The van der Waals surface area contributed by atoms with Gasteiger partial charge >= 0.3 is 12.1 Å². The van der Waals surface area contributed by atoms with Crippen LogP contribution in [0.15, 0.2) is 60.3 Å². The number of anilines is 1. The maximum atomic E-state index is 13.1. The van der Waals surface area contributed by atoms with Crippen LogP contribution in [0.3, 0.4) is 0 Å². The van der Waals surface area contributed by atoms with Gasteiger partial charge in [-0.2, -0.15) is 18.3 Å². The van der Waals surface area contributed by atoms with Crippen molar-refractivity contribution in [1.82, 2.24) is 15.2 Å². The van der Waals surface area contributed by atoms with Crippen molar-refractivity contribution in [2.45, 2.75) is 38.9 Å². The molecule has 0 radical (unpaired) electrons. The number of aromatic nitrogens is 3. The number of Topliss-reactive ketones (excluding diaryl/α,β-unsaturated/α-hetero) is 1. The first-order valence-electron chi connectivity index (χ1n) is 10.7. The van der Waals surface area contributed by atoms with Gasteiger partial charge in [-0.1, -0.05) is 44.2 Å². The number of hydrogen-bond donors (Lipinski definition) is 1. The Balaban J connectivity index is 1.89. The van der Waals surface area contributed by atoms with E-state index in [0.29, 0.717) is 5.69 Å². The molecule has 0 aliphatic carbocycles. The molecule has 35 heavy (non-hydrogen) atoms. The average molecular weight is 482 g/mol. The van der Waals surface area contributed by atoms with Crippen molar-refractivity contribution in [3.05, 3.63) is 88.4 Å². The Hall–Kier alpha value is -4.08. The highest BCUT2D eigenvalue weighted by Crippen LogP contribution is 2.42. The minimum Gasteiger partial charge on any atom is -0.507 e. The van der Waals surface area contributed by atoms with Gasteiger partial charge in [-0.05, 0) is 42.2 Å². The SMILES string of the molecule is Cc1ccc(N2C(=O)C(=O)C(=C(O)c3ccc(C(C)C)cc3)[C@@H]2c2ccc(C(F)(F)F)nc2)nn1. The largest absolute Gasteiger partial charge is 0.507 e. The van der Waals surface area contributed by atoms with Crippen LogP contribution in [0.25, 0.3) is 5.76 Å². The number of hydrogen-bond acceptors (Lipinski definition) is 6. The fourth-order valence-electron chi connectivity index (χ4n) is 3.82. The van der Waals surface area contributed by atoms with E-state index in [1.165, 1.54) is 6.07 Å². The van der Waals surface area contributed by atoms with Crippen LogP contribution < -0.4 is 4.90 Å². The van der Waals surface area contributed by atoms with Gasteiger partial charge in [-0.3, -0.25) is 19.5 Å². The number of aliphatic hydroxyl groups is 1. The molecule has 0 bridgehead atoms.